The molecule has 1 aromatic rings. The summed E-state index contributed by atoms with van der Waals surface area (Å²) in [5.41, 5.74) is 0.839. The fourth-order valence-electron chi connectivity index (χ4n) is 3.96. The largest absolute Gasteiger partial charge is 0.445 e. The Labute approximate surface area is 187 Å². The molecule has 2 amide bonds. The van der Waals surface area contributed by atoms with Crippen LogP contribution in [0.3, 0.4) is 0 Å². The van der Waals surface area contributed by atoms with Gasteiger partial charge in [-0.1, -0.05) is 44.2 Å². The predicted octanol–water partition coefficient (Wildman–Crippen LogP) is 4.27. The molecule has 7 heteroatoms. The van der Waals surface area contributed by atoms with Crippen LogP contribution in [-0.4, -0.2) is 66.9 Å². The Morgan fingerprint density at radius 1 is 1.06 bits per heavy atom. The lowest BCUT2D eigenvalue weighted by molar-refractivity contribution is -0.0502. The molecule has 2 saturated heterocycles. The van der Waals surface area contributed by atoms with E-state index in [0.29, 0.717) is 12.0 Å². The average molecular weight is 434 g/mol. The molecule has 0 unspecified atom stereocenters. The molecule has 0 saturated carbocycles. The standard InChI is InChI=1S/C22H33N3O4.C2H6/c1-21(2,3)29-20(27)25-12-9-22(10-13-25)16-24(17-22)14-11-23-19(26)28-15-18-7-5-4-6-8-18;1-2/h4-8H,9-17H2,1-3H3,(H,23,26);1-2H3. The van der Waals surface area contributed by atoms with Crippen LogP contribution in [0.25, 0.3) is 0 Å². The Morgan fingerprint density at radius 2 is 1.68 bits per heavy atom. The number of hydrogen-bond acceptors (Lipinski definition) is 5. The van der Waals surface area contributed by atoms with Gasteiger partial charge in [-0.3, -0.25) is 0 Å². The van der Waals surface area contributed by atoms with Gasteiger partial charge in [0.05, 0.1) is 0 Å². The number of likely N-dealkylation sites (tertiary alicyclic amines) is 2. The number of nitrogens with one attached hydrogen (secondary N) is 1. The number of rotatable bonds is 5. The van der Waals surface area contributed by atoms with Crippen molar-refractivity contribution in [3.05, 3.63) is 35.9 Å². The van der Waals surface area contributed by atoms with Gasteiger partial charge in [-0.05, 0) is 44.6 Å². The molecule has 31 heavy (non-hydrogen) atoms. The lowest BCUT2D eigenvalue weighted by atomic mass is 9.72. The van der Waals surface area contributed by atoms with Crippen LogP contribution >= 0.6 is 0 Å². The van der Waals surface area contributed by atoms with Gasteiger partial charge in [-0.2, -0.15) is 0 Å². The van der Waals surface area contributed by atoms with E-state index in [9.17, 15) is 9.59 Å². The van der Waals surface area contributed by atoms with Crippen molar-refractivity contribution in [2.24, 2.45) is 5.41 Å². The molecule has 0 aromatic heterocycles. The van der Waals surface area contributed by atoms with Crippen LogP contribution < -0.4 is 5.32 Å². The van der Waals surface area contributed by atoms with Crippen molar-refractivity contribution in [3.63, 3.8) is 0 Å². The van der Waals surface area contributed by atoms with Crippen molar-refractivity contribution in [3.8, 4) is 0 Å². The first-order chi connectivity index (χ1) is 14.7. The lowest BCUT2D eigenvalue weighted by Crippen LogP contribution is -2.61. The third-order valence-electron chi connectivity index (χ3n) is 5.50. The minimum Gasteiger partial charge on any atom is -0.445 e. The third-order valence-corrected chi connectivity index (χ3v) is 5.50. The zero-order valence-corrected chi connectivity index (χ0v) is 19.8. The van der Waals surface area contributed by atoms with Gasteiger partial charge in [0.15, 0.2) is 0 Å². The summed E-state index contributed by atoms with van der Waals surface area (Å²) in [6.45, 7) is 14.9. The fraction of sp³-hybridized carbons (Fsp3) is 0.667. The maximum Gasteiger partial charge on any atom is 0.410 e. The monoisotopic (exact) mass is 433 g/mol. The van der Waals surface area contributed by atoms with Crippen molar-refractivity contribution in [2.45, 2.75) is 59.7 Å². The summed E-state index contributed by atoms with van der Waals surface area (Å²) in [4.78, 5) is 28.2. The summed E-state index contributed by atoms with van der Waals surface area (Å²) >= 11 is 0. The summed E-state index contributed by atoms with van der Waals surface area (Å²) in [6, 6.07) is 9.65. The Balaban J connectivity index is 0.00000166. The number of amides is 2. The number of hydrogen-bond donors (Lipinski definition) is 1. The molecular formula is C24H39N3O4. The summed E-state index contributed by atoms with van der Waals surface area (Å²) < 4.78 is 10.7. The van der Waals surface area contributed by atoms with Crippen molar-refractivity contribution >= 4 is 12.2 Å². The van der Waals surface area contributed by atoms with Crippen molar-refractivity contribution < 1.29 is 19.1 Å². The van der Waals surface area contributed by atoms with Gasteiger partial charge in [0.2, 0.25) is 0 Å². The normalized spacial score (nSPS) is 17.8. The highest BCUT2D eigenvalue weighted by Crippen LogP contribution is 2.40. The minimum atomic E-state index is -0.450. The first-order valence-electron chi connectivity index (χ1n) is 11.4. The van der Waals surface area contributed by atoms with Crippen LogP contribution in [-0.2, 0) is 16.1 Å². The van der Waals surface area contributed by atoms with Gasteiger partial charge in [0.25, 0.3) is 0 Å². The molecule has 0 atom stereocenters. The van der Waals surface area contributed by atoms with Gasteiger partial charge >= 0.3 is 12.2 Å². The van der Waals surface area contributed by atoms with E-state index in [0.717, 1.165) is 51.1 Å². The van der Waals surface area contributed by atoms with E-state index in [1.165, 1.54) is 0 Å². The molecule has 1 aromatic carbocycles. The second kappa shape index (κ2) is 11.4. The van der Waals surface area contributed by atoms with Crippen LogP contribution in [0, 0.1) is 5.41 Å². The molecule has 2 aliphatic heterocycles. The van der Waals surface area contributed by atoms with E-state index in [1.54, 1.807) is 0 Å². The molecule has 3 rings (SSSR count). The Kier molecular flexibility index (Phi) is 9.16. The van der Waals surface area contributed by atoms with E-state index >= 15 is 0 Å². The van der Waals surface area contributed by atoms with E-state index in [-0.39, 0.29) is 18.8 Å². The van der Waals surface area contributed by atoms with Gasteiger partial charge in [-0.25, -0.2) is 9.59 Å². The first-order valence-corrected chi connectivity index (χ1v) is 11.4. The highest BCUT2D eigenvalue weighted by molar-refractivity contribution is 5.68. The molecule has 0 radical (unpaired) electrons. The van der Waals surface area contributed by atoms with Gasteiger partial charge in [-0.15, -0.1) is 0 Å². The Hall–Kier alpha value is -2.28. The van der Waals surface area contributed by atoms with Crippen LogP contribution in [0.2, 0.25) is 0 Å². The van der Waals surface area contributed by atoms with Gasteiger partial charge in [0, 0.05) is 39.3 Å². The van der Waals surface area contributed by atoms with Crippen LogP contribution in [0.4, 0.5) is 9.59 Å². The first kappa shape index (κ1) is 25.0. The van der Waals surface area contributed by atoms with Gasteiger partial charge in [0.1, 0.15) is 12.2 Å². The van der Waals surface area contributed by atoms with Crippen molar-refractivity contribution in [1.29, 1.82) is 0 Å². The molecule has 2 fully saturated rings. The SMILES string of the molecule is CC.CC(C)(C)OC(=O)N1CCC2(CC1)CN(CCNC(=O)OCc1ccccc1)C2. The predicted molar refractivity (Wildman–Crippen MR) is 122 cm³/mol. The zero-order valence-electron chi connectivity index (χ0n) is 19.8. The topological polar surface area (TPSA) is 71.1 Å². The molecule has 0 bridgehead atoms. The van der Waals surface area contributed by atoms with Crippen LogP contribution in [0.15, 0.2) is 30.3 Å². The molecular weight excluding hydrogens is 394 g/mol. The third kappa shape index (κ3) is 8.05. The quantitative estimate of drug-likeness (QED) is 0.751. The highest BCUT2D eigenvalue weighted by atomic mass is 16.6. The summed E-state index contributed by atoms with van der Waals surface area (Å²) in [6.07, 6.45) is 1.43. The summed E-state index contributed by atoms with van der Waals surface area (Å²) in [5, 5.41) is 2.81. The van der Waals surface area contributed by atoms with Crippen molar-refractivity contribution in [1.82, 2.24) is 15.1 Å². The number of alkyl carbamates (subject to hydrolysis) is 1. The second-order valence-corrected chi connectivity index (χ2v) is 9.17. The van der Waals surface area contributed by atoms with Crippen LogP contribution in [0.1, 0.15) is 53.0 Å². The number of nitrogens with zero attached hydrogens (tertiary/aromatic N) is 2. The highest BCUT2D eigenvalue weighted by Gasteiger charge is 2.45. The average Bonchev–Trinajstić information content (AvgIpc) is 2.72. The maximum atomic E-state index is 12.2. The molecule has 1 spiro atoms. The maximum absolute atomic E-state index is 12.2. The fourth-order valence-corrected chi connectivity index (χ4v) is 3.96. The second-order valence-electron chi connectivity index (χ2n) is 9.17. The Morgan fingerprint density at radius 3 is 2.26 bits per heavy atom. The van der Waals surface area contributed by atoms with Gasteiger partial charge < -0.3 is 24.6 Å². The number of benzene rings is 1. The number of ether oxygens (including phenoxy) is 2. The van der Waals surface area contributed by atoms with Crippen molar-refractivity contribution in [2.75, 3.05) is 39.3 Å². The summed E-state index contributed by atoms with van der Waals surface area (Å²) in [7, 11) is 0. The summed E-state index contributed by atoms with van der Waals surface area (Å²) in [5.74, 6) is 0. The van der Waals surface area contributed by atoms with E-state index in [2.05, 4.69) is 10.2 Å². The lowest BCUT2D eigenvalue weighted by Gasteiger charge is -2.54. The minimum absolute atomic E-state index is 0.207. The van der Waals surface area contributed by atoms with E-state index in [1.807, 2.05) is 69.9 Å². The number of carbonyl (C=O) groups excluding carboxylic acids is 2. The molecule has 2 aliphatic rings. The number of carbonyl (C=O) groups is 2. The molecule has 2 heterocycles. The van der Waals surface area contributed by atoms with Crippen LogP contribution in [0.5, 0.6) is 0 Å². The Bertz CT molecular complexity index is 687. The zero-order chi connectivity index (χ0) is 22.9. The number of piperidine rings is 1. The van der Waals surface area contributed by atoms with E-state index in [4.69, 9.17) is 9.47 Å². The molecule has 0 aliphatic carbocycles. The smallest absolute Gasteiger partial charge is 0.410 e. The molecule has 7 nitrogen and oxygen atoms in total. The molecule has 1 N–H and O–H groups in total. The van der Waals surface area contributed by atoms with E-state index < -0.39 is 5.60 Å². The molecule has 174 valence electrons.